The van der Waals surface area contributed by atoms with Gasteiger partial charge in [0.25, 0.3) is 5.91 Å². The minimum atomic E-state index is -0.278. The van der Waals surface area contributed by atoms with Gasteiger partial charge in [-0.3, -0.25) is 9.78 Å². The van der Waals surface area contributed by atoms with Crippen LogP contribution in [0.4, 0.5) is 15.8 Å². The normalized spacial score (nSPS) is 10.4. The Labute approximate surface area is 167 Å². The highest BCUT2D eigenvalue weighted by molar-refractivity contribution is 6.31. The largest absolute Gasteiger partial charge is 0.495 e. The maximum absolute atomic E-state index is 12.9. The molecular formula is C21H19ClFN3O2. The highest BCUT2D eigenvalue weighted by Crippen LogP contribution is 2.30. The predicted molar refractivity (Wildman–Crippen MR) is 108 cm³/mol. The lowest BCUT2D eigenvalue weighted by molar-refractivity contribution is 0.0954. The minimum Gasteiger partial charge on any atom is -0.495 e. The van der Waals surface area contributed by atoms with Gasteiger partial charge in [-0.25, -0.2) is 4.39 Å². The van der Waals surface area contributed by atoms with Crippen molar-refractivity contribution in [3.8, 4) is 5.75 Å². The molecule has 0 saturated carbocycles. The molecule has 5 nitrogen and oxygen atoms in total. The van der Waals surface area contributed by atoms with Crippen molar-refractivity contribution in [3.63, 3.8) is 0 Å². The summed E-state index contributed by atoms with van der Waals surface area (Å²) < 4.78 is 18.2. The lowest BCUT2D eigenvalue weighted by atomic mass is 10.1. The van der Waals surface area contributed by atoms with Crippen LogP contribution in [0.3, 0.4) is 0 Å². The number of hydrogen-bond acceptors (Lipinski definition) is 4. The van der Waals surface area contributed by atoms with Crippen LogP contribution in [-0.2, 0) is 6.42 Å². The van der Waals surface area contributed by atoms with Crippen LogP contribution in [0, 0.1) is 5.82 Å². The van der Waals surface area contributed by atoms with E-state index in [-0.39, 0.29) is 11.7 Å². The van der Waals surface area contributed by atoms with Crippen LogP contribution < -0.4 is 15.4 Å². The van der Waals surface area contributed by atoms with E-state index >= 15 is 0 Å². The molecule has 2 N–H and O–H groups in total. The zero-order chi connectivity index (χ0) is 19.9. The first-order valence-electron chi connectivity index (χ1n) is 8.63. The molecule has 0 atom stereocenters. The molecule has 0 bridgehead atoms. The Hall–Kier alpha value is -3.12. The highest BCUT2D eigenvalue weighted by atomic mass is 35.5. The van der Waals surface area contributed by atoms with Crippen molar-refractivity contribution in [3.05, 3.63) is 82.9 Å². The molecule has 0 fully saturated rings. The molecule has 0 aliphatic carbocycles. The Morgan fingerprint density at radius 3 is 2.68 bits per heavy atom. The molecule has 0 saturated heterocycles. The molecule has 3 aromatic rings. The second-order valence-corrected chi connectivity index (χ2v) is 6.50. The molecular weight excluding hydrogens is 381 g/mol. The van der Waals surface area contributed by atoms with Gasteiger partial charge >= 0.3 is 0 Å². The summed E-state index contributed by atoms with van der Waals surface area (Å²) >= 11 is 6.04. The smallest absolute Gasteiger partial charge is 0.252 e. The first kappa shape index (κ1) is 19.6. The average molecular weight is 400 g/mol. The third-order valence-electron chi connectivity index (χ3n) is 4.05. The first-order chi connectivity index (χ1) is 13.5. The summed E-state index contributed by atoms with van der Waals surface area (Å²) in [6, 6.07) is 13.1. The molecule has 0 aliphatic heterocycles. The summed E-state index contributed by atoms with van der Waals surface area (Å²) in [7, 11) is 1.57. The number of nitrogens with one attached hydrogen (secondary N) is 2. The van der Waals surface area contributed by atoms with E-state index in [9.17, 15) is 9.18 Å². The summed E-state index contributed by atoms with van der Waals surface area (Å²) in [5.74, 6) is 0.106. The maximum Gasteiger partial charge on any atom is 0.252 e. The molecule has 0 spiro atoms. The zero-order valence-electron chi connectivity index (χ0n) is 15.2. The van der Waals surface area contributed by atoms with E-state index in [0.717, 1.165) is 5.56 Å². The van der Waals surface area contributed by atoms with Crippen LogP contribution in [0.15, 0.2) is 60.9 Å². The number of ether oxygens (including phenoxy) is 1. The highest BCUT2D eigenvalue weighted by Gasteiger charge is 2.09. The minimum absolute atomic E-state index is 0.240. The molecule has 1 amide bonds. The Morgan fingerprint density at radius 2 is 1.93 bits per heavy atom. The van der Waals surface area contributed by atoms with Crippen molar-refractivity contribution in [2.75, 3.05) is 19.0 Å². The van der Waals surface area contributed by atoms with Crippen molar-refractivity contribution in [2.24, 2.45) is 0 Å². The number of carbonyl (C=O) groups excluding carboxylic acids is 1. The number of rotatable bonds is 7. The van der Waals surface area contributed by atoms with E-state index in [1.807, 2.05) is 0 Å². The molecule has 0 aliphatic rings. The summed E-state index contributed by atoms with van der Waals surface area (Å²) in [5.41, 5.74) is 2.67. The monoisotopic (exact) mass is 399 g/mol. The van der Waals surface area contributed by atoms with Gasteiger partial charge in [0.1, 0.15) is 11.6 Å². The Kier molecular flexibility index (Phi) is 6.45. The number of amides is 1. The van der Waals surface area contributed by atoms with Gasteiger partial charge in [-0.15, -0.1) is 0 Å². The predicted octanol–water partition coefficient (Wildman–Crippen LogP) is 4.60. The van der Waals surface area contributed by atoms with Crippen LogP contribution in [0.1, 0.15) is 15.9 Å². The van der Waals surface area contributed by atoms with E-state index < -0.39 is 0 Å². The summed E-state index contributed by atoms with van der Waals surface area (Å²) in [5, 5.41) is 6.56. The number of halogens is 2. The average Bonchev–Trinajstić information content (AvgIpc) is 2.70. The molecule has 28 heavy (non-hydrogen) atoms. The molecule has 1 aromatic heterocycles. The van der Waals surface area contributed by atoms with Crippen LogP contribution in [-0.4, -0.2) is 24.5 Å². The van der Waals surface area contributed by atoms with E-state index in [1.54, 1.807) is 49.7 Å². The number of nitrogens with zero attached hydrogens (tertiary/aromatic N) is 1. The fourth-order valence-corrected chi connectivity index (χ4v) is 2.81. The number of carbonyl (C=O) groups is 1. The number of hydrogen-bond donors (Lipinski definition) is 2. The molecule has 0 radical (unpaired) electrons. The third-order valence-corrected chi connectivity index (χ3v) is 4.29. The summed E-state index contributed by atoms with van der Waals surface area (Å²) in [6.45, 7) is 0.435. The van der Waals surface area contributed by atoms with Gasteiger partial charge in [0.15, 0.2) is 0 Å². The van der Waals surface area contributed by atoms with Crippen molar-refractivity contribution in [1.29, 1.82) is 0 Å². The van der Waals surface area contributed by atoms with Crippen molar-refractivity contribution < 1.29 is 13.9 Å². The fraction of sp³-hybridized carbons (Fsp3) is 0.143. The van der Waals surface area contributed by atoms with Crippen molar-refractivity contribution in [2.45, 2.75) is 6.42 Å². The standard InChI is InChI=1S/C21H19ClFN3O2/c1-28-20-7-4-16(22)11-19(20)26-18-10-15(12-24-13-18)21(27)25-9-8-14-2-5-17(23)6-3-14/h2-7,10-13,26H,8-9H2,1H3,(H,25,27). The summed E-state index contributed by atoms with van der Waals surface area (Å²) in [6.07, 6.45) is 3.71. The van der Waals surface area contributed by atoms with Crippen LogP contribution >= 0.6 is 11.6 Å². The number of benzene rings is 2. The maximum atomic E-state index is 12.9. The molecule has 2 aromatic carbocycles. The Morgan fingerprint density at radius 1 is 1.14 bits per heavy atom. The van der Waals surface area contributed by atoms with Gasteiger partial charge in [0.05, 0.1) is 30.2 Å². The van der Waals surface area contributed by atoms with Crippen LogP contribution in [0.25, 0.3) is 0 Å². The van der Waals surface area contributed by atoms with E-state index in [0.29, 0.717) is 40.7 Å². The first-order valence-corrected chi connectivity index (χ1v) is 9.01. The SMILES string of the molecule is COc1ccc(Cl)cc1Nc1cncc(C(=O)NCCc2ccc(F)cc2)c1. The van der Waals surface area contributed by atoms with Gasteiger partial charge in [0, 0.05) is 17.8 Å². The van der Waals surface area contributed by atoms with Crippen LogP contribution in [0.2, 0.25) is 5.02 Å². The summed E-state index contributed by atoms with van der Waals surface area (Å²) in [4.78, 5) is 16.5. The molecule has 144 valence electrons. The van der Waals surface area contributed by atoms with E-state index in [2.05, 4.69) is 15.6 Å². The molecule has 7 heteroatoms. The topological polar surface area (TPSA) is 63.2 Å². The lowest BCUT2D eigenvalue weighted by Crippen LogP contribution is -2.25. The van der Waals surface area contributed by atoms with Gasteiger partial charge in [-0.1, -0.05) is 23.7 Å². The second kappa shape index (κ2) is 9.19. The molecule has 0 unspecified atom stereocenters. The lowest BCUT2D eigenvalue weighted by Gasteiger charge is -2.12. The van der Waals surface area contributed by atoms with Gasteiger partial charge in [-0.2, -0.15) is 0 Å². The second-order valence-electron chi connectivity index (χ2n) is 6.06. The van der Waals surface area contributed by atoms with Crippen molar-refractivity contribution in [1.82, 2.24) is 10.3 Å². The number of aromatic nitrogens is 1. The Bertz CT molecular complexity index is 964. The molecule has 3 rings (SSSR count). The van der Waals surface area contributed by atoms with Crippen LogP contribution in [0.5, 0.6) is 5.75 Å². The Balaban J connectivity index is 1.63. The zero-order valence-corrected chi connectivity index (χ0v) is 16.0. The fourth-order valence-electron chi connectivity index (χ4n) is 2.64. The van der Waals surface area contributed by atoms with Gasteiger partial charge < -0.3 is 15.4 Å². The number of pyridine rings is 1. The van der Waals surface area contributed by atoms with Gasteiger partial charge in [-0.05, 0) is 48.4 Å². The third kappa shape index (κ3) is 5.20. The van der Waals surface area contributed by atoms with E-state index in [1.165, 1.54) is 18.3 Å². The van der Waals surface area contributed by atoms with Crippen molar-refractivity contribution >= 4 is 28.9 Å². The molecule has 1 heterocycles. The quantitative estimate of drug-likeness (QED) is 0.609. The number of anilines is 2. The number of methoxy groups -OCH3 is 1. The van der Waals surface area contributed by atoms with Gasteiger partial charge in [0.2, 0.25) is 0 Å². The van der Waals surface area contributed by atoms with E-state index in [4.69, 9.17) is 16.3 Å².